The Balaban J connectivity index is 3.87. The molecule has 0 unspecified atom stereocenters. The van der Waals surface area contributed by atoms with Crippen LogP contribution in [0.3, 0.4) is 0 Å². The Kier molecular flexibility index (Phi) is 10.9. The lowest BCUT2D eigenvalue weighted by Gasteiger charge is -2.16. The molecule has 0 saturated carbocycles. The second-order valence-electron chi connectivity index (χ2n) is 4.38. The fourth-order valence-corrected chi connectivity index (χ4v) is 1.45. The number of hydrogen-bond donors (Lipinski definition) is 5. The number of carbonyl (C=O) groups excluding carboxylic acids is 3. The molecule has 6 N–H and O–H groups in total. The summed E-state index contributed by atoms with van der Waals surface area (Å²) < 4.78 is 0. The highest BCUT2D eigenvalue weighted by atomic mass is 16.3. The number of nitrogens with two attached hydrogens (primary N) is 1. The van der Waals surface area contributed by atoms with Crippen LogP contribution in [0, 0.1) is 0 Å². The fraction of sp³-hybridized carbons (Fsp3) is 0.750. The first-order valence-corrected chi connectivity index (χ1v) is 6.53. The summed E-state index contributed by atoms with van der Waals surface area (Å²) in [5.74, 6) is -2.29. The summed E-state index contributed by atoms with van der Waals surface area (Å²) in [5, 5.41) is 17.6. The van der Waals surface area contributed by atoms with Crippen molar-refractivity contribution in [1.82, 2.24) is 10.9 Å². The van der Waals surface area contributed by atoms with E-state index < -0.39 is 30.4 Å². The second kappa shape index (κ2) is 11.6. The van der Waals surface area contributed by atoms with Crippen LogP contribution in [0.5, 0.6) is 0 Å². The zero-order valence-electron chi connectivity index (χ0n) is 11.4. The van der Waals surface area contributed by atoms with Gasteiger partial charge >= 0.3 is 0 Å². The smallest absolute Gasteiger partial charge is 0.213 e. The van der Waals surface area contributed by atoms with Gasteiger partial charge in [0.25, 0.3) is 0 Å². The molecule has 0 aromatic rings. The molecule has 0 heterocycles. The van der Waals surface area contributed by atoms with E-state index >= 15 is 0 Å². The van der Waals surface area contributed by atoms with Crippen LogP contribution in [-0.4, -0.2) is 59.9 Å². The van der Waals surface area contributed by atoms with Gasteiger partial charge in [0.1, 0.15) is 6.61 Å². The van der Waals surface area contributed by atoms with Crippen LogP contribution in [-0.2, 0) is 14.4 Å². The van der Waals surface area contributed by atoms with Gasteiger partial charge in [0.15, 0.2) is 5.78 Å². The molecule has 0 aromatic heterocycles. The van der Waals surface area contributed by atoms with Crippen LogP contribution in [0.15, 0.2) is 0 Å². The lowest BCUT2D eigenvalue weighted by Crippen LogP contribution is -2.46. The van der Waals surface area contributed by atoms with Crippen LogP contribution >= 0.6 is 0 Å². The van der Waals surface area contributed by atoms with Gasteiger partial charge in [0.05, 0.1) is 19.6 Å². The number of aliphatic hydroxyl groups excluding tert-OH is 2. The SMILES string of the molecule is NCCCC[C@H](CO)NNCC(=O)C(=O)CC(=O)CO. The molecular weight excluding hydrogens is 266 g/mol. The first-order valence-electron chi connectivity index (χ1n) is 6.53. The van der Waals surface area contributed by atoms with Crippen molar-refractivity contribution < 1.29 is 24.6 Å². The lowest BCUT2D eigenvalue weighted by molar-refractivity contribution is -0.139. The molecule has 116 valence electrons. The summed E-state index contributed by atoms with van der Waals surface area (Å²) in [5.41, 5.74) is 10.6. The van der Waals surface area contributed by atoms with E-state index in [9.17, 15) is 14.4 Å². The van der Waals surface area contributed by atoms with Crippen LogP contribution in [0.25, 0.3) is 0 Å². The Morgan fingerprint density at radius 2 is 1.80 bits per heavy atom. The molecule has 20 heavy (non-hydrogen) atoms. The molecule has 1 atom stereocenters. The summed E-state index contributed by atoms with van der Waals surface area (Å²) in [4.78, 5) is 33.4. The number of Topliss-reactive ketones (excluding diaryl/α,β-unsaturated/α-hetero) is 3. The Hall–Kier alpha value is -1.19. The number of carbonyl (C=O) groups is 3. The van der Waals surface area contributed by atoms with Crippen LogP contribution in [0.4, 0.5) is 0 Å². The maximum absolute atomic E-state index is 11.4. The lowest BCUT2D eigenvalue weighted by atomic mass is 10.1. The molecule has 8 heteroatoms. The van der Waals surface area contributed by atoms with Gasteiger partial charge < -0.3 is 15.9 Å². The molecule has 0 saturated heterocycles. The van der Waals surface area contributed by atoms with Crippen LogP contribution in [0.2, 0.25) is 0 Å². The Labute approximate surface area is 117 Å². The van der Waals surface area contributed by atoms with E-state index in [2.05, 4.69) is 10.9 Å². The average Bonchev–Trinajstić information content (AvgIpc) is 2.45. The topological polar surface area (TPSA) is 142 Å². The number of aliphatic hydroxyl groups is 2. The summed E-state index contributed by atoms with van der Waals surface area (Å²) in [7, 11) is 0. The minimum Gasteiger partial charge on any atom is -0.395 e. The van der Waals surface area contributed by atoms with Crippen molar-refractivity contribution in [2.75, 3.05) is 26.3 Å². The van der Waals surface area contributed by atoms with Gasteiger partial charge in [-0.2, -0.15) is 0 Å². The minimum atomic E-state index is -0.845. The number of hydrogen-bond acceptors (Lipinski definition) is 8. The first-order chi connectivity index (χ1) is 9.54. The van der Waals surface area contributed by atoms with Gasteiger partial charge in [-0.05, 0) is 19.4 Å². The number of unbranched alkanes of at least 4 members (excludes halogenated alkanes) is 1. The van der Waals surface area contributed by atoms with Crippen molar-refractivity contribution >= 4 is 17.3 Å². The predicted molar refractivity (Wildman–Crippen MR) is 71.6 cm³/mol. The monoisotopic (exact) mass is 289 g/mol. The largest absolute Gasteiger partial charge is 0.395 e. The van der Waals surface area contributed by atoms with Crippen LogP contribution < -0.4 is 16.6 Å². The molecule has 0 aliphatic carbocycles. The maximum atomic E-state index is 11.4. The fourth-order valence-electron chi connectivity index (χ4n) is 1.45. The first kappa shape index (κ1) is 18.8. The van der Waals surface area contributed by atoms with E-state index in [1.54, 1.807) is 0 Å². The molecule has 0 aliphatic rings. The van der Waals surface area contributed by atoms with Gasteiger partial charge in [-0.1, -0.05) is 6.42 Å². The summed E-state index contributed by atoms with van der Waals surface area (Å²) in [6.45, 7) is -0.552. The second-order valence-corrected chi connectivity index (χ2v) is 4.38. The molecule has 0 bridgehead atoms. The zero-order chi connectivity index (χ0) is 15.4. The van der Waals surface area contributed by atoms with E-state index in [4.69, 9.17) is 15.9 Å². The van der Waals surface area contributed by atoms with Crippen molar-refractivity contribution in [2.24, 2.45) is 5.73 Å². The van der Waals surface area contributed by atoms with E-state index in [1.165, 1.54) is 0 Å². The average molecular weight is 289 g/mol. The third kappa shape index (κ3) is 8.83. The summed E-state index contributed by atoms with van der Waals surface area (Å²) in [6, 6.07) is -0.233. The molecule has 0 aliphatic heterocycles. The predicted octanol–water partition coefficient (Wildman–Crippen LogP) is -2.34. The van der Waals surface area contributed by atoms with Gasteiger partial charge in [-0.3, -0.25) is 19.8 Å². The van der Waals surface area contributed by atoms with E-state index in [-0.39, 0.29) is 19.2 Å². The molecule has 0 rings (SSSR count). The van der Waals surface area contributed by atoms with Crippen molar-refractivity contribution in [2.45, 2.75) is 31.7 Å². The quantitative estimate of drug-likeness (QED) is 0.110. The summed E-state index contributed by atoms with van der Waals surface area (Å²) in [6.07, 6.45) is 1.79. The molecular formula is C12H23N3O5. The normalized spacial score (nSPS) is 12.2. The van der Waals surface area contributed by atoms with E-state index in [1.807, 2.05) is 0 Å². The highest BCUT2D eigenvalue weighted by Crippen LogP contribution is 1.98. The summed E-state index contributed by atoms with van der Waals surface area (Å²) >= 11 is 0. The van der Waals surface area contributed by atoms with Crippen molar-refractivity contribution in [1.29, 1.82) is 0 Å². The highest BCUT2D eigenvalue weighted by Gasteiger charge is 2.17. The molecule has 8 nitrogen and oxygen atoms in total. The standard InChI is InChI=1S/C12H23N3O5/c13-4-2-1-3-9(7-16)15-14-6-12(20)11(19)5-10(18)8-17/h9,14-17H,1-8,13H2/t9-/m1/s1. The van der Waals surface area contributed by atoms with Gasteiger partial charge in [-0.15, -0.1) is 0 Å². The molecule has 0 amide bonds. The number of rotatable bonds is 13. The van der Waals surface area contributed by atoms with E-state index in [0.717, 1.165) is 12.8 Å². The van der Waals surface area contributed by atoms with Gasteiger partial charge in [0, 0.05) is 6.04 Å². The van der Waals surface area contributed by atoms with Gasteiger partial charge in [-0.25, -0.2) is 5.43 Å². The molecule has 0 aromatic carbocycles. The van der Waals surface area contributed by atoms with Crippen LogP contribution in [0.1, 0.15) is 25.7 Å². The van der Waals surface area contributed by atoms with Crippen molar-refractivity contribution in [3.63, 3.8) is 0 Å². The Morgan fingerprint density at radius 3 is 2.35 bits per heavy atom. The highest BCUT2D eigenvalue weighted by molar-refractivity contribution is 6.41. The molecule has 0 radical (unpaired) electrons. The van der Waals surface area contributed by atoms with Crippen molar-refractivity contribution in [3.05, 3.63) is 0 Å². The Bertz CT molecular complexity index is 322. The number of hydrazine groups is 1. The molecule has 0 fully saturated rings. The van der Waals surface area contributed by atoms with E-state index in [0.29, 0.717) is 13.0 Å². The zero-order valence-corrected chi connectivity index (χ0v) is 11.4. The number of nitrogens with one attached hydrogen (secondary N) is 2. The van der Waals surface area contributed by atoms with Crippen molar-refractivity contribution in [3.8, 4) is 0 Å². The van der Waals surface area contributed by atoms with Gasteiger partial charge in [0.2, 0.25) is 11.6 Å². The Morgan fingerprint density at radius 1 is 1.10 bits per heavy atom. The minimum absolute atomic E-state index is 0.108. The third-order valence-corrected chi connectivity index (χ3v) is 2.63. The maximum Gasteiger partial charge on any atom is 0.213 e. The number of ketones is 3. The molecule has 0 spiro atoms. The third-order valence-electron chi connectivity index (χ3n) is 2.63.